The lowest BCUT2D eigenvalue weighted by molar-refractivity contribution is -0.137. The minimum absolute atomic E-state index is 0.239. The standard InChI is InChI=1S/C8H5F3O.C7H5ClO/c9-8(10,11)7-3-1-6(5-12)2-4-7;8-7-3-1-2-6(4-7)5-9/h1-5H;1-5H. The minimum atomic E-state index is -4.33. The molecule has 0 N–H and O–H groups in total. The Kier molecular flexibility index (Phi) is 6.11. The lowest BCUT2D eigenvalue weighted by Gasteiger charge is -2.04. The molecule has 0 atom stereocenters. The molecule has 0 saturated heterocycles. The molecule has 0 spiro atoms. The molecule has 0 amide bonds. The van der Waals surface area contributed by atoms with Crippen molar-refractivity contribution in [1.29, 1.82) is 0 Å². The first-order valence-electron chi connectivity index (χ1n) is 5.70. The molecule has 2 aromatic rings. The van der Waals surface area contributed by atoms with Gasteiger partial charge in [-0.2, -0.15) is 13.2 Å². The van der Waals surface area contributed by atoms with Crippen LogP contribution in [0.2, 0.25) is 5.02 Å². The number of aldehydes is 2. The van der Waals surface area contributed by atoms with Crippen molar-refractivity contribution in [1.82, 2.24) is 0 Å². The molecule has 0 radical (unpaired) electrons. The molecular formula is C15H10ClF3O2. The molecule has 6 heteroatoms. The van der Waals surface area contributed by atoms with Crippen LogP contribution in [0.5, 0.6) is 0 Å². The highest BCUT2D eigenvalue weighted by Crippen LogP contribution is 2.28. The topological polar surface area (TPSA) is 34.1 Å². The van der Waals surface area contributed by atoms with Crippen molar-refractivity contribution in [2.75, 3.05) is 0 Å². The summed E-state index contributed by atoms with van der Waals surface area (Å²) in [6.45, 7) is 0. The maximum atomic E-state index is 11.9. The van der Waals surface area contributed by atoms with Gasteiger partial charge < -0.3 is 0 Å². The molecular weight excluding hydrogens is 305 g/mol. The normalized spacial score (nSPS) is 10.3. The van der Waals surface area contributed by atoms with Gasteiger partial charge in [-0.1, -0.05) is 35.9 Å². The van der Waals surface area contributed by atoms with E-state index >= 15 is 0 Å². The Balaban J connectivity index is 0.000000219. The van der Waals surface area contributed by atoms with E-state index in [1.165, 1.54) is 0 Å². The molecule has 0 saturated carbocycles. The monoisotopic (exact) mass is 314 g/mol. The van der Waals surface area contributed by atoms with E-state index in [4.69, 9.17) is 11.6 Å². The first kappa shape index (κ1) is 16.9. The number of carbonyl (C=O) groups excluding carboxylic acids is 2. The molecule has 0 aromatic heterocycles. The molecule has 2 aromatic carbocycles. The number of alkyl halides is 3. The van der Waals surface area contributed by atoms with Crippen molar-refractivity contribution in [3.63, 3.8) is 0 Å². The summed E-state index contributed by atoms with van der Waals surface area (Å²) < 4.78 is 35.8. The zero-order valence-electron chi connectivity index (χ0n) is 10.6. The highest BCUT2D eigenvalue weighted by Gasteiger charge is 2.29. The van der Waals surface area contributed by atoms with Gasteiger partial charge in [0.2, 0.25) is 0 Å². The largest absolute Gasteiger partial charge is 0.416 e. The Hall–Kier alpha value is -2.14. The average Bonchev–Trinajstić information content (AvgIpc) is 2.47. The van der Waals surface area contributed by atoms with E-state index in [9.17, 15) is 22.8 Å². The summed E-state index contributed by atoms with van der Waals surface area (Å²) in [5.41, 5.74) is 0.110. The molecule has 0 aliphatic rings. The summed E-state index contributed by atoms with van der Waals surface area (Å²) in [6.07, 6.45) is -3.06. The Morgan fingerprint density at radius 1 is 0.857 bits per heavy atom. The summed E-state index contributed by atoms with van der Waals surface area (Å²) >= 11 is 5.56. The van der Waals surface area contributed by atoms with Crippen molar-refractivity contribution >= 4 is 24.2 Å². The van der Waals surface area contributed by atoms with E-state index < -0.39 is 11.7 Å². The van der Waals surface area contributed by atoms with Crippen LogP contribution in [0.4, 0.5) is 13.2 Å². The Morgan fingerprint density at radius 3 is 1.81 bits per heavy atom. The third-order valence-electron chi connectivity index (χ3n) is 2.36. The first-order chi connectivity index (χ1) is 9.86. The van der Waals surface area contributed by atoms with Gasteiger partial charge in [0.15, 0.2) is 0 Å². The van der Waals surface area contributed by atoms with Crippen LogP contribution in [0.15, 0.2) is 48.5 Å². The van der Waals surface area contributed by atoms with Crippen LogP contribution in [-0.2, 0) is 6.18 Å². The van der Waals surface area contributed by atoms with Gasteiger partial charge >= 0.3 is 6.18 Å². The average molecular weight is 315 g/mol. The van der Waals surface area contributed by atoms with Gasteiger partial charge in [0.05, 0.1) is 5.56 Å². The Bertz CT molecular complexity index is 607. The van der Waals surface area contributed by atoms with E-state index in [-0.39, 0.29) is 5.56 Å². The summed E-state index contributed by atoms with van der Waals surface area (Å²) in [6, 6.07) is 10.8. The van der Waals surface area contributed by atoms with Crippen molar-refractivity contribution in [3.8, 4) is 0 Å². The second-order valence-corrected chi connectivity index (χ2v) is 4.35. The summed E-state index contributed by atoms with van der Waals surface area (Å²) in [7, 11) is 0. The highest BCUT2D eigenvalue weighted by atomic mass is 35.5. The van der Waals surface area contributed by atoms with E-state index in [1.54, 1.807) is 24.3 Å². The molecule has 0 unspecified atom stereocenters. The van der Waals surface area contributed by atoms with Crippen LogP contribution in [0.1, 0.15) is 26.3 Å². The van der Waals surface area contributed by atoms with Crippen LogP contribution in [-0.4, -0.2) is 12.6 Å². The molecule has 0 fully saturated rings. The fraction of sp³-hybridized carbons (Fsp3) is 0.0667. The van der Waals surface area contributed by atoms with E-state index in [0.29, 0.717) is 16.9 Å². The van der Waals surface area contributed by atoms with Gasteiger partial charge in [-0.3, -0.25) is 9.59 Å². The third kappa shape index (κ3) is 5.79. The third-order valence-corrected chi connectivity index (χ3v) is 2.59. The maximum absolute atomic E-state index is 11.9. The van der Waals surface area contributed by atoms with E-state index in [0.717, 1.165) is 30.6 Å². The minimum Gasteiger partial charge on any atom is -0.298 e. The molecule has 0 bridgehead atoms. The van der Waals surface area contributed by atoms with Gasteiger partial charge in [0, 0.05) is 16.1 Å². The number of carbonyl (C=O) groups is 2. The summed E-state index contributed by atoms with van der Waals surface area (Å²) in [4.78, 5) is 20.2. The number of hydrogen-bond acceptors (Lipinski definition) is 2. The molecule has 0 aliphatic heterocycles. The SMILES string of the molecule is O=Cc1ccc(C(F)(F)F)cc1.O=Cc1cccc(Cl)c1. The molecule has 0 aliphatic carbocycles. The summed E-state index contributed by atoms with van der Waals surface area (Å²) in [5.74, 6) is 0. The molecule has 2 rings (SSSR count). The predicted molar refractivity (Wildman–Crippen MR) is 73.7 cm³/mol. The van der Waals surface area contributed by atoms with Crippen molar-refractivity contribution in [2.45, 2.75) is 6.18 Å². The van der Waals surface area contributed by atoms with Gasteiger partial charge in [-0.05, 0) is 24.3 Å². The lowest BCUT2D eigenvalue weighted by Crippen LogP contribution is -2.04. The van der Waals surface area contributed by atoms with Crippen LogP contribution in [0.25, 0.3) is 0 Å². The van der Waals surface area contributed by atoms with Crippen molar-refractivity contribution < 1.29 is 22.8 Å². The quantitative estimate of drug-likeness (QED) is 0.755. The number of hydrogen-bond donors (Lipinski definition) is 0. The van der Waals surface area contributed by atoms with Gasteiger partial charge in [0.25, 0.3) is 0 Å². The molecule has 2 nitrogen and oxygen atoms in total. The van der Waals surface area contributed by atoms with Crippen molar-refractivity contribution in [2.24, 2.45) is 0 Å². The highest BCUT2D eigenvalue weighted by molar-refractivity contribution is 6.30. The van der Waals surface area contributed by atoms with Crippen LogP contribution >= 0.6 is 11.6 Å². The fourth-order valence-corrected chi connectivity index (χ4v) is 1.53. The number of rotatable bonds is 2. The summed E-state index contributed by atoms with van der Waals surface area (Å²) in [5, 5.41) is 0.597. The molecule has 0 heterocycles. The Morgan fingerprint density at radius 2 is 1.43 bits per heavy atom. The Labute approximate surface area is 124 Å². The molecule has 21 heavy (non-hydrogen) atoms. The smallest absolute Gasteiger partial charge is 0.298 e. The van der Waals surface area contributed by atoms with Gasteiger partial charge in [0.1, 0.15) is 12.6 Å². The van der Waals surface area contributed by atoms with Crippen LogP contribution < -0.4 is 0 Å². The maximum Gasteiger partial charge on any atom is 0.416 e. The van der Waals surface area contributed by atoms with Crippen molar-refractivity contribution in [3.05, 3.63) is 70.2 Å². The zero-order valence-corrected chi connectivity index (χ0v) is 11.4. The zero-order chi connectivity index (χ0) is 15.9. The second-order valence-electron chi connectivity index (χ2n) is 3.91. The number of benzene rings is 2. The molecule has 110 valence electrons. The van der Waals surface area contributed by atoms with Crippen LogP contribution in [0, 0.1) is 0 Å². The van der Waals surface area contributed by atoms with Gasteiger partial charge in [-0.25, -0.2) is 0 Å². The van der Waals surface area contributed by atoms with Crippen LogP contribution in [0.3, 0.4) is 0 Å². The van der Waals surface area contributed by atoms with E-state index in [1.807, 2.05) is 0 Å². The fourth-order valence-electron chi connectivity index (χ4n) is 1.33. The predicted octanol–water partition coefficient (Wildman–Crippen LogP) is 4.67. The number of halogens is 4. The van der Waals surface area contributed by atoms with Gasteiger partial charge in [-0.15, -0.1) is 0 Å². The second kappa shape index (κ2) is 7.59. The van der Waals surface area contributed by atoms with E-state index in [2.05, 4.69) is 0 Å². The lowest BCUT2D eigenvalue weighted by atomic mass is 10.1. The first-order valence-corrected chi connectivity index (χ1v) is 6.08.